The third kappa shape index (κ3) is 4.67. The van der Waals surface area contributed by atoms with Gasteiger partial charge in [0.05, 0.1) is 0 Å². The van der Waals surface area contributed by atoms with Crippen LogP contribution in [0.1, 0.15) is 46.5 Å². The monoisotopic (exact) mass is 243 g/mol. The molecular formula is C14H29NS. The van der Waals surface area contributed by atoms with Gasteiger partial charge in [0.2, 0.25) is 0 Å². The van der Waals surface area contributed by atoms with Gasteiger partial charge in [0.25, 0.3) is 0 Å². The lowest BCUT2D eigenvalue weighted by Gasteiger charge is -2.33. The van der Waals surface area contributed by atoms with Crippen LogP contribution in [-0.4, -0.2) is 30.8 Å². The predicted molar refractivity (Wildman–Crippen MR) is 76.3 cm³/mol. The Morgan fingerprint density at radius 1 is 1.25 bits per heavy atom. The molecule has 0 N–H and O–H groups in total. The first-order valence-electron chi connectivity index (χ1n) is 6.73. The summed E-state index contributed by atoms with van der Waals surface area (Å²) in [6.07, 6.45) is 5.80. The van der Waals surface area contributed by atoms with Crippen molar-refractivity contribution in [3.63, 3.8) is 0 Å². The minimum Gasteiger partial charge on any atom is -0.306 e. The van der Waals surface area contributed by atoms with Crippen LogP contribution in [-0.2, 0) is 0 Å². The van der Waals surface area contributed by atoms with Gasteiger partial charge in [-0.25, -0.2) is 0 Å². The van der Waals surface area contributed by atoms with Crippen LogP contribution in [0.15, 0.2) is 0 Å². The number of hydrogen-bond donors (Lipinski definition) is 1. The average Bonchev–Trinajstić information content (AvgIpc) is 2.64. The summed E-state index contributed by atoms with van der Waals surface area (Å²) in [5, 5.41) is 0. The van der Waals surface area contributed by atoms with Crippen molar-refractivity contribution >= 4 is 12.6 Å². The zero-order chi connectivity index (χ0) is 12.2. The first-order valence-corrected chi connectivity index (χ1v) is 7.36. The highest BCUT2D eigenvalue weighted by atomic mass is 32.1. The van der Waals surface area contributed by atoms with Crippen molar-refractivity contribution in [2.24, 2.45) is 17.3 Å². The minimum absolute atomic E-state index is 0.381. The van der Waals surface area contributed by atoms with Crippen molar-refractivity contribution < 1.29 is 0 Å². The van der Waals surface area contributed by atoms with Crippen molar-refractivity contribution in [2.45, 2.75) is 46.5 Å². The molecule has 0 aromatic carbocycles. The largest absolute Gasteiger partial charge is 0.306 e. The van der Waals surface area contributed by atoms with E-state index < -0.39 is 0 Å². The summed E-state index contributed by atoms with van der Waals surface area (Å²) in [6.45, 7) is 9.48. The SMILES string of the molecule is CN(CC1CCCC1)CC(CS)C(C)(C)C. The Kier molecular flexibility index (Phi) is 5.66. The van der Waals surface area contributed by atoms with Crippen LogP contribution >= 0.6 is 12.6 Å². The van der Waals surface area contributed by atoms with Gasteiger partial charge in [0.1, 0.15) is 0 Å². The number of nitrogens with zero attached hydrogens (tertiary/aromatic N) is 1. The van der Waals surface area contributed by atoms with Crippen molar-refractivity contribution in [3.8, 4) is 0 Å². The highest BCUT2D eigenvalue weighted by Gasteiger charge is 2.25. The van der Waals surface area contributed by atoms with Crippen LogP contribution in [0.5, 0.6) is 0 Å². The highest BCUT2D eigenvalue weighted by Crippen LogP contribution is 2.29. The highest BCUT2D eigenvalue weighted by molar-refractivity contribution is 7.80. The van der Waals surface area contributed by atoms with Gasteiger partial charge in [0, 0.05) is 13.1 Å². The number of rotatable bonds is 5. The Labute approximate surface area is 107 Å². The molecule has 0 amide bonds. The molecule has 2 heteroatoms. The van der Waals surface area contributed by atoms with E-state index in [0.717, 1.165) is 11.7 Å². The normalized spacial score (nSPS) is 20.6. The van der Waals surface area contributed by atoms with E-state index in [2.05, 4.69) is 45.3 Å². The molecule has 1 aliphatic carbocycles. The van der Waals surface area contributed by atoms with E-state index >= 15 is 0 Å². The molecule has 1 nitrogen and oxygen atoms in total. The third-order valence-electron chi connectivity index (χ3n) is 4.02. The van der Waals surface area contributed by atoms with E-state index in [1.165, 1.54) is 38.8 Å². The molecule has 0 heterocycles. The van der Waals surface area contributed by atoms with Gasteiger partial charge in [-0.1, -0.05) is 33.6 Å². The van der Waals surface area contributed by atoms with Crippen molar-refractivity contribution in [2.75, 3.05) is 25.9 Å². The molecule has 0 aromatic rings. The van der Waals surface area contributed by atoms with E-state index in [-0.39, 0.29) is 0 Å². The topological polar surface area (TPSA) is 3.24 Å². The van der Waals surface area contributed by atoms with E-state index in [9.17, 15) is 0 Å². The lowest BCUT2D eigenvalue weighted by atomic mass is 9.81. The fraction of sp³-hybridized carbons (Fsp3) is 1.00. The molecule has 1 saturated carbocycles. The zero-order valence-corrected chi connectivity index (χ0v) is 12.4. The van der Waals surface area contributed by atoms with Gasteiger partial charge in [-0.2, -0.15) is 12.6 Å². The Bertz CT molecular complexity index is 191. The molecule has 1 aliphatic rings. The standard InChI is InChI=1S/C14H29NS/c1-14(2,3)13(11-16)10-15(4)9-12-7-5-6-8-12/h12-13,16H,5-11H2,1-4H3. The van der Waals surface area contributed by atoms with E-state index in [4.69, 9.17) is 0 Å². The molecule has 0 bridgehead atoms. The second-order valence-corrected chi connectivity index (χ2v) is 6.98. The molecule has 0 radical (unpaired) electrons. The first kappa shape index (κ1) is 14.4. The Balaban J connectivity index is 2.33. The van der Waals surface area contributed by atoms with Crippen molar-refractivity contribution in [1.82, 2.24) is 4.90 Å². The maximum atomic E-state index is 4.51. The Hall–Kier alpha value is 0.310. The van der Waals surface area contributed by atoms with Crippen LogP contribution < -0.4 is 0 Å². The lowest BCUT2D eigenvalue weighted by Crippen LogP contribution is -2.36. The van der Waals surface area contributed by atoms with Crippen LogP contribution in [0.3, 0.4) is 0 Å². The molecular weight excluding hydrogens is 214 g/mol. The molecule has 96 valence electrons. The summed E-state index contributed by atoms with van der Waals surface area (Å²) >= 11 is 4.51. The summed E-state index contributed by atoms with van der Waals surface area (Å²) < 4.78 is 0. The molecule has 0 saturated heterocycles. The van der Waals surface area contributed by atoms with Gasteiger partial charge in [-0.3, -0.25) is 0 Å². The van der Waals surface area contributed by atoms with E-state index in [1.54, 1.807) is 0 Å². The number of hydrogen-bond acceptors (Lipinski definition) is 2. The second kappa shape index (κ2) is 6.30. The molecule has 0 aliphatic heterocycles. The van der Waals surface area contributed by atoms with Crippen LogP contribution in [0.25, 0.3) is 0 Å². The van der Waals surface area contributed by atoms with Gasteiger partial charge in [0.15, 0.2) is 0 Å². The van der Waals surface area contributed by atoms with Crippen LogP contribution in [0.4, 0.5) is 0 Å². The van der Waals surface area contributed by atoms with E-state index in [0.29, 0.717) is 11.3 Å². The summed E-state index contributed by atoms with van der Waals surface area (Å²) in [5.41, 5.74) is 0.381. The minimum atomic E-state index is 0.381. The molecule has 0 spiro atoms. The van der Waals surface area contributed by atoms with Gasteiger partial charge in [-0.05, 0) is 42.9 Å². The average molecular weight is 243 g/mol. The fourth-order valence-electron chi connectivity index (χ4n) is 2.69. The first-order chi connectivity index (χ1) is 7.43. The van der Waals surface area contributed by atoms with Gasteiger partial charge >= 0.3 is 0 Å². The molecule has 1 fully saturated rings. The quantitative estimate of drug-likeness (QED) is 0.721. The van der Waals surface area contributed by atoms with Crippen molar-refractivity contribution in [3.05, 3.63) is 0 Å². The molecule has 16 heavy (non-hydrogen) atoms. The van der Waals surface area contributed by atoms with Gasteiger partial charge in [-0.15, -0.1) is 0 Å². The van der Waals surface area contributed by atoms with Crippen LogP contribution in [0, 0.1) is 17.3 Å². The molecule has 1 rings (SSSR count). The molecule has 0 aromatic heterocycles. The molecule has 1 unspecified atom stereocenters. The maximum Gasteiger partial charge on any atom is 0.00195 e. The summed E-state index contributed by atoms with van der Waals surface area (Å²) in [6, 6.07) is 0. The lowest BCUT2D eigenvalue weighted by molar-refractivity contribution is 0.172. The van der Waals surface area contributed by atoms with Gasteiger partial charge < -0.3 is 4.90 Å². The molecule has 1 atom stereocenters. The summed E-state index contributed by atoms with van der Waals surface area (Å²) in [5.74, 6) is 2.66. The number of thiol groups is 1. The maximum absolute atomic E-state index is 4.51. The third-order valence-corrected chi connectivity index (χ3v) is 4.46. The Morgan fingerprint density at radius 3 is 2.25 bits per heavy atom. The van der Waals surface area contributed by atoms with E-state index in [1.807, 2.05) is 0 Å². The summed E-state index contributed by atoms with van der Waals surface area (Å²) in [7, 11) is 2.28. The Morgan fingerprint density at radius 2 is 1.81 bits per heavy atom. The van der Waals surface area contributed by atoms with Crippen LogP contribution in [0.2, 0.25) is 0 Å². The predicted octanol–water partition coefficient (Wildman–Crippen LogP) is 3.70. The fourth-order valence-corrected chi connectivity index (χ4v) is 3.35. The smallest absolute Gasteiger partial charge is 0.00195 e. The second-order valence-electron chi connectivity index (χ2n) is 6.62. The van der Waals surface area contributed by atoms with Crippen molar-refractivity contribution in [1.29, 1.82) is 0 Å². The summed E-state index contributed by atoms with van der Waals surface area (Å²) in [4.78, 5) is 2.53. The zero-order valence-electron chi connectivity index (χ0n) is 11.5.